The smallest absolute Gasteiger partial charge is 0.338 e. The molecule has 0 aromatic heterocycles. The first-order valence-corrected chi connectivity index (χ1v) is 11.8. The van der Waals surface area contributed by atoms with E-state index in [0.29, 0.717) is 36.6 Å². The summed E-state index contributed by atoms with van der Waals surface area (Å²) < 4.78 is 38.2. The number of ether oxygens (including phenoxy) is 2. The van der Waals surface area contributed by atoms with Gasteiger partial charge in [0.05, 0.1) is 17.1 Å². The predicted molar refractivity (Wildman–Crippen MR) is 116 cm³/mol. The molecule has 0 bridgehead atoms. The molecule has 1 aliphatic heterocycles. The molecule has 1 aliphatic rings. The Morgan fingerprint density at radius 3 is 2.42 bits per heavy atom. The number of Topliss-reactive ketones (excluding diaryl/α,β-unsaturated/α-hetero) is 1. The van der Waals surface area contributed by atoms with Crippen LogP contribution in [0.1, 0.15) is 59.4 Å². The highest BCUT2D eigenvalue weighted by atomic mass is 32.2. The van der Waals surface area contributed by atoms with Crippen molar-refractivity contribution in [2.45, 2.75) is 44.6 Å². The van der Waals surface area contributed by atoms with Gasteiger partial charge in [-0.25, -0.2) is 13.2 Å². The molecule has 0 N–H and O–H groups in total. The Bertz CT molecular complexity index is 1060. The van der Waals surface area contributed by atoms with Gasteiger partial charge in [-0.05, 0) is 63.1 Å². The number of sulfonamides is 1. The first-order chi connectivity index (χ1) is 14.8. The second-order valence-electron chi connectivity index (χ2n) is 7.38. The number of esters is 1. The zero-order valence-corrected chi connectivity index (χ0v) is 18.6. The van der Waals surface area contributed by atoms with Gasteiger partial charge in [-0.2, -0.15) is 4.31 Å². The van der Waals surface area contributed by atoms with Crippen molar-refractivity contribution in [1.29, 1.82) is 0 Å². The van der Waals surface area contributed by atoms with Crippen molar-refractivity contribution >= 4 is 21.8 Å². The number of ketones is 1. The molecule has 1 heterocycles. The van der Waals surface area contributed by atoms with E-state index in [0.717, 1.165) is 19.3 Å². The second kappa shape index (κ2) is 10.1. The van der Waals surface area contributed by atoms with E-state index < -0.39 is 16.0 Å². The maximum atomic E-state index is 12.9. The van der Waals surface area contributed by atoms with E-state index in [4.69, 9.17) is 9.47 Å². The summed E-state index contributed by atoms with van der Waals surface area (Å²) in [5.74, 6) is -0.223. The minimum absolute atomic E-state index is 0.0810. The molecular weight excluding hydrogens is 418 g/mol. The Labute approximate surface area is 183 Å². The Balaban J connectivity index is 1.77. The van der Waals surface area contributed by atoms with Crippen LogP contribution in [-0.4, -0.2) is 44.2 Å². The van der Waals surface area contributed by atoms with Crippen LogP contribution in [0, 0.1) is 0 Å². The fourth-order valence-corrected chi connectivity index (χ4v) is 5.04. The Kier molecular flexibility index (Phi) is 7.46. The summed E-state index contributed by atoms with van der Waals surface area (Å²) in [6.07, 6.45) is 2.69. The zero-order chi connectivity index (χ0) is 22.4. The van der Waals surface area contributed by atoms with Crippen molar-refractivity contribution in [3.05, 3.63) is 59.2 Å². The molecule has 3 rings (SSSR count). The fraction of sp³-hybridized carbons (Fsp3) is 0.391. The molecule has 2 aromatic rings. The van der Waals surface area contributed by atoms with E-state index in [2.05, 4.69) is 0 Å². The summed E-state index contributed by atoms with van der Waals surface area (Å²) in [4.78, 5) is 24.4. The Morgan fingerprint density at radius 1 is 1.00 bits per heavy atom. The van der Waals surface area contributed by atoms with Crippen LogP contribution < -0.4 is 4.74 Å². The zero-order valence-electron chi connectivity index (χ0n) is 17.8. The van der Waals surface area contributed by atoms with Gasteiger partial charge in [-0.3, -0.25) is 4.79 Å². The van der Waals surface area contributed by atoms with Crippen LogP contribution in [0.4, 0.5) is 0 Å². The van der Waals surface area contributed by atoms with Crippen LogP contribution in [-0.2, 0) is 21.4 Å². The first-order valence-electron chi connectivity index (χ1n) is 10.4. The Morgan fingerprint density at radius 2 is 1.74 bits per heavy atom. The van der Waals surface area contributed by atoms with E-state index in [9.17, 15) is 18.0 Å². The molecule has 0 atom stereocenters. The number of rotatable bonds is 8. The highest BCUT2D eigenvalue weighted by Gasteiger charge is 2.26. The van der Waals surface area contributed by atoms with Crippen molar-refractivity contribution in [2.24, 2.45) is 0 Å². The van der Waals surface area contributed by atoms with Crippen molar-refractivity contribution in [3.63, 3.8) is 0 Å². The summed E-state index contributed by atoms with van der Waals surface area (Å²) >= 11 is 0. The van der Waals surface area contributed by atoms with Crippen molar-refractivity contribution in [3.8, 4) is 5.75 Å². The molecule has 7 nitrogen and oxygen atoms in total. The van der Waals surface area contributed by atoms with E-state index in [-0.39, 0.29) is 22.8 Å². The molecule has 0 saturated carbocycles. The first kappa shape index (κ1) is 23.0. The summed E-state index contributed by atoms with van der Waals surface area (Å²) in [7, 11) is -3.65. The predicted octanol–water partition coefficient (Wildman–Crippen LogP) is 3.82. The molecule has 0 radical (unpaired) electrons. The third-order valence-electron chi connectivity index (χ3n) is 5.15. The van der Waals surface area contributed by atoms with Crippen LogP contribution in [0.2, 0.25) is 0 Å². The van der Waals surface area contributed by atoms with Crippen molar-refractivity contribution in [2.75, 3.05) is 19.7 Å². The molecule has 0 aliphatic carbocycles. The summed E-state index contributed by atoms with van der Waals surface area (Å²) in [6, 6.07) is 10.9. The average molecular weight is 446 g/mol. The standard InChI is InChI=1S/C23H27NO6S/c1-3-29-22-11-10-18(17(2)25)14-20(22)16-30-23(26)19-8-7-9-21(15-19)31(27,28)24-12-5-4-6-13-24/h7-11,14-15H,3-6,12-13,16H2,1-2H3. The van der Waals surface area contributed by atoms with Crippen LogP contribution in [0.3, 0.4) is 0 Å². The number of hydrogen-bond acceptors (Lipinski definition) is 6. The molecule has 0 unspecified atom stereocenters. The monoisotopic (exact) mass is 445 g/mol. The molecule has 0 spiro atoms. The van der Waals surface area contributed by atoms with Gasteiger partial charge in [0.1, 0.15) is 12.4 Å². The third kappa shape index (κ3) is 5.51. The number of benzene rings is 2. The normalized spacial score (nSPS) is 14.8. The number of nitrogens with zero attached hydrogens (tertiary/aromatic N) is 1. The van der Waals surface area contributed by atoms with Crippen LogP contribution >= 0.6 is 0 Å². The van der Waals surface area contributed by atoms with Gasteiger partial charge in [0, 0.05) is 24.2 Å². The molecule has 1 fully saturated rings. The van der Waals surface area contributed by atoms with E-state index >= 15 is 0 Å². The highest BCUT2D eigenvalue weighted by molar-refractivity contribution is 7.89. The molecular formula is C23H27NO6S. The maximum Gasteiger partial charge on any atom is 0.338 e. The summed E-state index contributed by atoms with van der Waals surface area (Å²) in [6.45, 7) is 4.60. The lowest BCUT2D eigenvalue weighted by atomic mass is 10.1. The maximum absolute atomic E-state index is 12.9. The van der Waals surface area contributed by atoms with Crippen LogP contribution in [0.25, 0.3) is 0 Å². The van der Waals surface area contributed by atoms with Gasteiger partial charge in [0.2, 0.25) is 10.0 Å². The van der Waals surface area contributed by atoms with E-state index in [1.165, 1.54) is 35.5 Å². The summed E-state index contributed by atoms with van der Waals surface area (Å²) in [5.41, 5.74) is 1.21. The lowest BCUT2D eigenvalue weighted by Gasteiger charge is -2.25. The number of piperidine rings is 1. The molecule has 2 aromatic carbocycles. The number of carbonyl (C=O) groups is 2. The quantitative estimate of drug-likeness (QED) is 0.453. The lowest BCUT2D eigenvalue weighted by molar-refractivity contribution is 0.0469. The van der Waals surface area contributed by atoms with Gasteiger partial charge >= 0.3 is 5.97 Å². The fourth-order valence-electron chi connectivity index (χ4n) is 3.47. The number of hydrogen-bond donors (Lipinski definition) is 0. The lowest BCUT2D eigenvalue weighted by Crippen LogP contribution is -2.35. The van der Waals surface area contributed by atoms with Crippen LogP contribution in [0.5, 0.6) is 5.75 Å². The van der Waals surface area contributed by atoms with Gasteiger partial charge in [-0.15, -0.1) is 0 Å². The van der Waals surface area contributed by atoms with Gasteiger partial charge in [0.25, 0.3) is 0 Å². The van der Waals surface area contributed by atoms with Gasteiger partial charge in [0.15, 0.2) is 5.78 Å². The molecule has 1 saturated heterocycles. The second-order valence-corrected chi connectivity index (χ2v) is 9.32. The topological polar surface area (TPSA) is 90.0 Å². The molecule has 166 valence electrons. The largest absolute Gasteiger partial charge is 0.493 e. The van der Waals surface area contributed by atoms with E-state index in [1.807, 2.05) is 6.92 Å². The Hall–Kier alpha value is -2.71. The molecule has 8 heteroatoms. The third-order valence-corrected chi connectivity index (χ3v) is 7.04. The van der Waals surface area contributed by atoms with Crippen molar-refractivity contribution < 1.29 is 27.5 Å². The number of carbonyl (C=O) groups excluding carboxylic acids is 2. The van der Waals surface area contributed by atoms with Crippen LogP contribution in [0.15, 0.2) is 47.4 Å². The average Bonchev–Trinajstić information content (AvgIpc) is 2.79. The van der Waals surface area contributed by atoms with Crippen molar-refractivity contribution in [1.82, 2.24) is 4.31 Å². The minimum atomic E-state index is -3.65. The van der Waals surface area contributed by atoms with Gasteiger partial charge in [-0.1, -0.05) is 12.5 Å². The SMILES string of the molecule is CCOc1ccc(C(C)=O)cc1COC(=O)c1cccc(S(=O)(=O)N2CCCCC2)c1. The molecule has 31 heavy (non-hydrogen) atoms. The summed E-state index contributed by atoms with van der Waals surface area (Å²) in [5, 5.41) is 0. The molecule has 0 amide bonds. The minimum Gasteiger partial charge on any atom is -0.493 e. The van der Waals surface area contributed by atoms with E-state index in [1.54, 1.807) is 18.2 Å². The highest BCUT2D eigenvalue weighted by Crippen LogP contribution is 2.24. The van der Waals surface area contributed by atoms with Gasteiger partial charge < -0.3 is 9.47 Å².